The molecule has 0 aliphatic heterocycles. The molecule has 0 heterocycles. The predicted octanol–water partition coefficient (Wildman–Crippen LogP) is 1.94. The lowest BCUT2D eigenvalue weighted by molar-refractivity contribution is -0.140. The van der Waals surface area contributed by atoms with Crippen molar-refractivity contribution < 1.29 is 19.1 Å². The molecule has 1 saturated carbocycles. The van der Waals surface area contributed by atoms with Gasteiger partial charge < -0.3 is 10.4 Å². The number of carbonyl (C=O) groups excluding carboxylic acids is 1. The molecule has 0 spiro atoms. The van der Waals surface area contributed by atoms with Gasteiger partial charge in [-0.3, -0.25) is 4.79 Å². The molecule has 17 heavy (non-hydrogen) atoms. The van der Waals surface area contributed by atoms with Crippen molar-refractivity contribution in [3.63, 3.8) is 0 Å². The number of nitrogens with one attached hydrogen (secondary N) is 1. The maximum Gasteiger partial charge on any atom is 0.329 e. The summed E-state index contributed by atoms with van der Waals surface area (Å²) in [4.78, 5) is 22.7. The normalized spacial score (nSPS) is 16.4. The summed E-state index contributed by atoms with van der Waals surface area (Å²) in [5.41, 5.74) is -1.07. The van der Waals surface area contributed by atoms with Gasteiger partial charge in [0.25, 0.3) is 5.91 Å². The monoisotopic (exact) mass is 301 g/mol. The molecular formula is C11H9BrFNO3. The van der Waals surface area contributed by atoms with Gasteiger partial charge in [0.15, 0.2) is 0 Å². The molecule has 1 fully saturated rings. The lowest BCUT2D eigenvalue weighted by Gasteiger charge is -2.13. The van der Waals surface area contributed by atoms with Crippen molar-refractivity contribution in [2.45, 2.75) is 18.4 Å². The van der Waals surface area contributed by atoms with Crippen LogP contribution in [0.25, 0.3) is 0 Å². The summed E-state index contributed by atoms with van der Waals surface area (Å²) in [7, 11) is 0. The molecule has 2 rings (SSSR count). The second-order valence-corrected chi connectivity index (χ2v) is 4.74. The summed E-state index contributed by atoms with van der Waals surface area (Å²) < 4.78 is 13.2. The molecule has 2 N–H and O–H groups in total. The van der Waals surface area contributed by atoms with Gasteiger partial charge in [0.1, 0.15) is 11.4 Å². The van der Waals surface area contributed by atoms with Gasteiger partial charge in [-0.2, -0.15) is 0 Å². The molecule has 1 aromatic rings. The Morgan fingerprint density at radius 2 is 2.06 bits per heavy atom. The van der Waals surface area contributed by atoms with E-state index in [0.29, 0.717) is 12.8 Å². The van der Waals surface area contributed by atoms with Gasteiger partial charge in [-0.1, -0.05) is 6.07 Å². The Labute approximate surface area is 105 Å². The SMILES string of the molecule is O=C(NC1(C(=O)O)CC1)c1cccc(F)c1Br. The van der Waals surface area contributed by atoms with Gasteiger partial charge in [0.05, 0.1) is 10.0 Å². The van der Waals surface area contributed by atoms with Crippen molar-refractivity contribution in [2.75, 3.05) is 0 Å². The molecule has 90 valence electrons. The predicted molar refractivity (Wildman–Crippen MR) is 61.2 cm³/mol. The lowest BCUT2D eigenvalue weighted by Crippen LogP contribution is -2.43. The van der Waals surface area contributed by atoms with Crippen molar-refractivity contribution in [3.8, 4) is 0 Å². The summed E-state index contributed by atoms with van der Waals surface area (Å²) in [5.74, 6) is -2.20. The van der Waals surface area contributed by atoms with Crippen molar-refractivity contribution in [2.24, 2.45) is 0 Å². The summed E-state index contributed by atoms with van der Waals surface area (Å²) in [6.07, 6.45) is 0.808. The number of hydrogen-bond donors (Lipinski definition) is 2. The van der Waals surface area contributed by atoms with Crippen LogP contribution in [-0.2, 0) is 4.79 Å². The molecule has 1 aromatic carbocycles. The van der Waals surface area contributed by atoms with Crippen LogP contribution in [0, 0.1) is 5.82 Å². The molecule has 1 aliphatic carbocycles. The van der Waals surface area contributed by atoms with Crippen molar-refractivity contribution in [1.82, 2.24) is 5.32 Å². The largest absolute Gasteiger partial charge is 0.480 e. The van der Waals surface area contributed by atoms with E-state index in [0.717, 1.165) is 0 Å². The number of rotatable bonds is 3. The number of hydrogen-bond acceptors (Lipinski definition) is 2. The number of amides is 1. The van der Waals surface area contributed by atoms with Crippen LogP contribution in [0.4, 0.5) is 4.39 Å². The van der Waals surface area contributed by atoms with Crippen molar-refractivity contribution in [1.29, 1.82) is 0 Å². The highest BCUT2D eigenvalue weighted by atomic mass is 79.9. The minimum atomic E-state index is -1.16. The lowest BCUT2D eigenvalue weighted by atomic mass is 10.2. The average molecular weight is 302 g/mol. The van der Waals surface area contributed by atoms with Crippen LogP contribution < -0.4 is 5.32 Å². The second-order valence-electron chi connectivity index (χ2n) is 3.94. The maximum atomic E-state index is 13.2. The maximum absolute atomic E-state index is 13.2. The van der Waals surface area contributed by atoms with Crippen LogP contribution in [0.1, 0.15) is 23.2 Å². The third-order valence-corrected chi connectivity index (χ3v) is 3.51. The van der Waals surface area contributed by atoms with E-state index in [4.69, 9.17) is 5.11 Å². The van der Waals surface area contributed by atoms with E-state index in [-0.39, 0.29) is 10.0 Å². The minimum Gasteiger partial charge on any atom is -0.480 e. The fourth-order valence-electron chi connectivity index (χ4n) is 1.48. The molecule has 4 nitrogen and oxygen atoms in total. The first-order chi connectivity index (χ1) is 7.96. The molecule has 1 aliphatic rings. The third-order valence-electron chi connectivity index (χ3n) is 2.71. The first-order valence-corrected chi connectivity index (χ1v) is 5.75. The van der Waals surface area contributed by atoms with Crippen LogP contribution in [0.3, 0.4) is 0 Å². The van der Waals surface area contributed by atoms with E-state index in [2.05, 4.69) is 21.2 Å². The number of carbonyl (C=O) groups is 2. The van der Waals surface area contributed by atoms with Gasteiger partial charge in [-0.25, -0.2) is 9.18 Å². The molecule has 0 aromatic heterocycles. The summed E-state index contributed by atoms with van der Waals surface area (Å²) in [6.45, 7) is 0. The van der Waals surface area contributed by atoms with Crippen LogP contribution in [-0.4, -0.2) is 22.5 Å². The highest BCUT2D eigenvalue weighted by Gasteiger charge is 2.51. The third kappa shape index (κ3) is 2.17. The van der Waals surface area contributed by atoms with Crippen molar-refractivity contribution >= 4 is 27.8 Å². The number of carboxylic acids is 1. The highest BCUT2D eigenvalue weighted by Crippen LogP contribution is 2.36. The summed E-state index contributed by atoms with van der Waals surface area (Å²) in [6, 6.07) is 4.04. The molecule has 1 amide bonds. The van der Waals surface area contributed by atoms with E-state index in [1.54, 1.807) is 0 Å². The zero-order valence-electron chi connectivity index (χ0n) is 8.67. The first kappa shape index (κ1) is 12.0. The number of carboxylic acid groups (broad SMARTS) is 1. The summed E-state index contributed by atoms with van der Waals surface area (Å²) in [5, 5.41) is 11.3. The second kappa shape index (κ2) is 4.10. The molecular weight excluding hydrogens is 293 g/mol. The quantitative estimate of drug-likeness (QED) is 0.896. The molecule has 0 saturated heterocycles. The van der Waals surface area contributed by atoms with E-state index in [1.807, 2.05) is 0 Å². The van der Waals surface area contributed by atoms with Gasteiger partial charge in [-0.15, -0.1) is 0 Å². The number of halogens is 2. The zero-order chi connectivity index (χ0) is 12.6. The fourth-order valence-corrected chi connectivity index (χ4v) is 1.93. The van der Waals surface area contributed by atoms with E-state index in [9.17, 15) is 14.0 Å². The van der Waals surface area contributed by atoms with E-state index >= 15 is 0 Å². The Kier molecular flexibility index (Phi) is 2.91. The number of benzene rings is 1. The van der Waals surface area contributed by atoms with Gasteiger partial charge in [0.2, 0.25) is 0 Å². The number of aliphatic carboxylic acids is 1. The molecule has 0 radical (unpaired) electrons. The van der Waals surface area contributed by atoms with Crippen LogP contribution >= 0.6 is 15.9 Å². The molecule has 0 bridgehead atoms. The fraction of sp³-hybridized carbons (Fsp3) is 0.273. The van der Waals surface area contributed by atoms with Gasteiger partial charge in [0, 0.05) is 0 Å². The smallest absolute Gasteiger partial charge is 0.329 e. The topological polar surface area (TPSA) is 66.4 Å². The molecule has 6 heteroatoms. The van der Waals surface area contributed by atoms with Crippen LogP contribution in [0.2, 0.25) is 0 Å². The van der Waals surface area contributed by atoms with E-state index in [1.165, 1.54) is 18.2 Å². The summed E-state index contributed by atoms with van der Waals surface area (Å²) >= 11 is 2.96. The van der Waals surface area contributed by atoms with Crippen molar-refractivity contribution in [3.05, 3.63) is 34.1 Å². The van der Waals surface area contributed by atoms with Crippen LogP contribution in [0.15, 0.2) is 22.7 Å². The molecule has 0 unspecified atom stereocenters. The highest BCUT2D eigenvalue weighted by molar-refractivity contribution is 9.10. The zero-order valence-corrected chi connectivity index (χ0v) is 10.3. The standard InChI is InChI=1S/C11H9BrFNO3/c12-8-6(2-1-3-7(8)13)9(15)14-11(4-5-11)10(16)17/h1-3H,4-5H2,(H,14,15)(H,16,17). The van der Waals surface area contributed by atoms with Crippen LogP contribution in [0.5, 0.6) is 0 Å². The Morgan fingerprint density at radius 1 is 1.41 bits per heavy atom. The van der Waals surface area contributed by atoms with E-state index < -0.39 is 23.2 Å². The molecule has 0 atom stereocenters. The Balaban J connectivity index is 2.21. The van der Waals surface area contributed by atoms with Gasteiger partial charge in [-0.05, 0) is 40.9 Å². The Hall–Kier alpha value is -1.43. The average Bonchev–Trinajstić information content (AvgIpc) is 3.03. The Bertz CT molecular complexity index is 499. The van der Waals surface area contributed by atoms with Gasteiger partial charge >= 0.3 is 5.97 Å². The first-order valence-electron chi connectivity index (χ1n) is 4.96. The Morgan fingerprint density at radius 3 is 2.59 bits per heavy atom. The minimum absolute atomic E-state index is 0.0405.